The van der Waals surface area contributed by atoms with Gasteiger partial charge in [0.05, 0.1) is 21.3 Å². The van der Waals surface area contributed by atoms with Crippen molar-refractivity contribution < 1.29 is 4.79 Å². The molecule has 1 amide bonds. The van der Waals surface area contributed by atoms with Crippen molar-refractivity contribution in [3.8, 4) is 6.07 Å². The van der Waals surface area contributed by atoms with E-state index >= 15 is 0 Å². The van der Waals surface area contributed by atoms with Gasteiger partial charge in [-0.2, -0.15) is 5.26 Å². The summed E-state index contributed by atoms with van der Waals surface area (Å²) < 4.78 is 0. The van der Waals surface area contributed by atoms with Crippen molar-refractivity contribution in [2.75, 3.05) is 11.1 Å². The molecule has 4 nitrogen and oxygen atoms in total. The maximum absolute atomic E-state index is 12.2. The topological polar surface area (TPSA) is 65.8 Å². The summed E-state index contributed by atoms with van der Waals surface area (Å²) in [7, 11) is 0. The van der Waals surface area contributed by atoms with Crippen LogP contribution in [0.4, 0.5) is 5.69 Å². The maximum atomic E-state index is 12.2. The second kappa shape index (κ2) is 10.2. The van der Waals surface area contributed by atoms with Crippen LogP contribution in [0.3, 0.4) is 0 Å². The number of carbonyl (C=O) groups is 1. The van der Waals surface area contributed by atoms with Crippen molar-refractivity contribution in [2.45, 2.75) is 50.0 Å². The average molecular weight is 434 g/mol. The highest BCUT2D eigenvalue weighted by molar-refractivity contribution is 7.99. The van der Waals surface area contributed by atoms with Crippen LogP contribution in [0, 0.1) is 11.3 Å². The highest BCUT2D eigenvalue weighted by Gasteiger charge is 2.15. The molecule has 1 aromatic heterocycles. The summed E-state index contributed by atoms with van der Waals surface area (Å²) in [5, 5.41) is 13.7. The van der Waals surface area contributed by atoms with Gasteiger partial charge in [0.15, 0.2) is 0 Å². The zero-order chi connectivity index (χ0) is 19.9. The minimum Gasteiger partial charge on any atom is -0.325 e. The zero-order valence-corrected chi connectivity index (χ0v) is 17.8. The normalized spacial score (nSPS) is 13.8. The molecule has 7 heteroatoms. The lowest BCUT2D eigenvalue weighted by Gasteiger charge is -2.15. The van der Waals surface area contributed by atoms with Gasteiger partial charge in [0.2, 0.25) is 5.91 Å². The van der Waals surface area contributed by atoms with Crippen molar-refractivity contribution in [2.24, 2.45) is 0 Å². The molecule has 28 heavy (non-hydrogen) atoms. The number of fused-ring (bicyclic) bond motifs is 1. The number of hydrogen-bond donors (Lipinski definition) is 1. The van der Waals surface area contributed by atoms with E-state index in [1.165, 1.54) is 30.2 Å². The molecule has 0 atom stereocenters. The molecule has 1 aliphatic carbocycles. The highest BCUT2D eigenvalue weighted by Crippen LogP contribution is 2.30. The van der Waals surface area contributed by atoms with Crippen LogP contribution >= 0.6 is 35.0 Å². The largest absolute Gasteiger partial charge is 0.325 e. The Labute approximate surface area is 179 Å². The number of nitriles is 1. The Morgan fingerprint density at radius 3 is 2.79 bits per heavy atom. The first-order valence-electron chi connectivity index (χ1n) is 9.38. The van der Waals surface area contributed by atoms with E-state index in [1.807, 2.05) is 6.07 Å². The van der Waals surface area contributed by atoms with Gasteiger partial charge in [-0.1, -0.05) is 42.1 Å². The van der Waals surface area contributed by atoms with E-state index in [-0.39, 0.29) is 12.3 Å². The van der Waals surface area contributed by atoms with Crippen molar-refractivity contribution in [1.29, 1.82) is 5.26 Å². The van der Waals surface area contributed by atoms with Crippen LogP contribution < -0.4 is 5.32 Å². The fraction of sp³-hybridized carbons (Fsp3) is 0.381. The summed E-state index contributed by atoms with van der Waals surface area (Å²) in [5.41, 5.74) is 3.41. The summed E-state index contributed by atoms with van der Waals surface area (Å²) in [6, 6.07) is 9.36. The molecule has 0 saturated carbocycles. The summed E-state index contributed by atoms with van der Waals surface area (Å²) in [5.74, 6) is 0.381. The number of nitrogens with one attached hydrogen (secondary N) is 1. The predicted octanol–water partition coefficient (Wildman–Crippen LogP) is 6.04. The van der Waals surface area contributed by atoms with Crippen LogP contribution in [0.1, 0.15) is 48.9 Å². The molecule has 2 aromatic rings. The first-order valence-corrected chi connectivity index (χ1v) is 11.1. The van der Waals surface area contributed by atoms with E-state index in [0.717, 1.165) is 36.4 Å². The molecule has 0 radical (unpaired) electrons. The molecule has 1 aromatic carbocycles. The van der Waals surface area contributed by atoms with Crippen molar-refractivity contribution in [3.05, 3.63) is 51.1 Å². The van der Waals surface area contributed by atoms with Gasteiger partial charge in [-0.05, 0) is 49.4 Å². The Kier molecular flexibility index (Phi) is 7.61. The summed E-state index contributed by atoms with van der Waals surface area (Å²) in [4.78, 5) is 17.0. The third-order valence-electron chi connectivity index (χ3n) is 4.68. The smallest absolute Gasteiger partial charge is 0.225 e. The van der Waals surface area contributed by atoms with Gasteiger partial charge < -0.3 is 5.32 Å². The second-order valence-electron chi connectivity index (χ2n) is 6.72. The lowest BCUT2D eigenvalue weighted by molar-refractivity contribution is -0.115. The highest BCUT2D eigenvalue weighted by atomic mass is 35.5. The molecule has 0 fully saturated rings. The average Bonchev–Trinajstić information content (AvgIpc) is 2.66. The Morgan fingerprint density at radius 2 is 2.00 bits per heavy atom. The minimum atomic E-state index is -0.151. The lowest BCUT2D eigenvalue weighted by Crippen LogP contribution is -2.12. The molecule has 0 saturated heterocycles. The van der Waals surface area contributed by atoms with Crippen LogP contribution in [-0.2, 0) is 17.6 Å². The Bertz CT molecular complexity index is 911. The molecular weight excluding hydrogens is 413 g/mol. The van der Waals surface area contributed by atoms with E-state index < -0.39 is 0 Å². The lowest BCUT2D eigenvalue weighted by atomic mass is 9.96. The van der Waals surface area contributed by atoms with Gasteiger partial charge in [-0.15, -0.1) is 11.8 Å². The molecule has 0 aliphatic heterocycles. The van der Waals surface area contributed by atoms with E-state index in [1.54, 1.807) is 18.2 Å². The van der Waals surface area contributed by atoms with E-state index in [9.17, 15) is 10.1 Å². The molecular formula is C21H21Cl2N3OS. The summed E-state index contributed by atoms with van der Waals surface area (Å²) in [6.45, 7) is 0. The van der Waals surface area contributed by atoms with Gasteiger partial charge in [0, 0.05) is 17.9 Å². The van der Waals surface area contributed by atoms with Gasteiger partial charge in [-0.3, -0.25) is 4.79 Å². The van der Waals surface area contributed by atoms with Crippen LogP contribution in [0.15, 0.2) is 29.3 Å². The fourth-order valence-electron chi connectivity index (χ4n) is 3.21. The monoisotopic (exact) mass is 433 g/mol. The second-order valence-corrected chi connectivity index (χ2v) is 8.59. The number of nitrogens with zero attached hydrogens (tertiary/aromatic N) is 2. The van der Waals surface area contributed by atoms with Gasteiger partial charge >= 0.3 is 0 Å². The number of pyridine rings is 1. The third-order valence-corrected chi connectivity index (χ3v) is 6.49. The van der Waals surface area contributed by atoms with Crippen molar-refractivity contribution in [3.63, 3.8) is 0 Å². The molecule has 1 heterocycles. The summed E-state index contributed by atoms with van der Waals surface area (Å²) >= 11 is 13.5. The number of anilines is 1. The molecule has 1 aliphatic rings. The van der Waals surface area contributed by atoms with E-state index in [4.69, 9.17) is 28.2 Å². The van der Waals surface area contributed by atoms with E-state index in [2.05, 4.69) is 11.4 Å². The number of aromatic nitrogens is 1. The fourth-order valence-corrected chi connectivity index (χ4v) is 4.48. The number of aryl methyl sites for hydroxylation is 2. The Balaban J connectivity index is 1.62. The number of hydrogen-bond acceptors (Lipinski definition) is 4. The zero-order valence-electron chi connectivity index (χ0n) is 15.4. The Hall–Kier alpha value is -1.74. The standard InChI is InChI=1S/C21H21Cl2N3OS/c22-16-7-5-9-18(20(16)23)25-19(27)10-11-28-21-15(13-24)12-14-6-3-1-2-4-8-17(14)26-21/h5,7,9,12H,1-4,6,8,10-11H2,(H,25,27). The maximum Gasteiger partial charge on any atom is 0.225 e. The molecule has 0 bridgehead atoms. The van der Waals surface area contributed by atoms with E-state index in [0.29, 0.717) is 27.0 Å². The van der Waals surface area contributed by atoms with Gasteiger partial charge in [0.25, 0.3) is 0 Å². The Morgan fingerprint density at radius 1 is 1.21 bits per heavy atom. The number of benzene rings is 1. The summed E-state index contributed by atoms with van der Waals surface area (Å²) in [6.07, 6.45) is 7.00. The predicted molar refractivity (Wildman–Crippen MR) is 115 cm³/mol. The number of rotatable bonds is 5. The van der Waals surface area contributed by atoms with Crippen molar-refractivity contribution in [1.82, 2.24) is 4.98 Å². The minimum absolute atomic E-state index is 0.151. The van der Waals surface area contributed by atoms with Crippen molar-refractivity contribution >= 4 is 46.6 Å². The SMILES string of the molecule is N#Cc1cc2c(nc1SCCC(=O)Nc1cccc(Cl)c1Cl)CCCCCC2. The molecule has 3 rings (SSSR count). The van der Waals surface area contributed by atoms with Crippen LogP contribution in [0.2, 0.25) is 10.0 Å². The number of halogens is 2. The quantitative estimate of drug-likeness (QED) is 0.583. The number of thioether (sulfide) groups is 1. The molecule has 0 spiro atoms. The molecule has 146 valence electrons. The third kappa shape index (κ3) is 5.41. The molecule has 1 N–H and O–H groups in total. The molecule has 0 unspecified atom stereocenters. The number of carbonyl (C=O) groups excluding carboxylic acids is 1. The first kappa shape index (κ1) is 21.0. The van der Waals surface area contributed by atoms with Crippen LogP contribution in [0.25, 0.3) is 0 Å². The van der Waals surface area contributed by atoms with Gasteiger partial charge in [0.1, 0.15) is 11.1 Å². The number of amides is 1. The first-order chi connectivity index (χ1) is 13.6. The van der Waals surface area contributed by atoms with Crippen LogP contribution in [0.5, 0.6) is 0 Å². The van der Waals surface area contributed by atoms with Gasteiger partial charge in [-0.25, -0.2) is 4.98 Å². The van der Waals surface area contributed by atoms with Crippen LogP contribution in [-0.4, -0.2) is 16.6 Å².